The molecule has 2 aliphatic rings. The molecule has 0 fully saturated rings. The molecule has 116 valence electrons. The summed E-state index contributed by atoms with van der Waals surface area (Å²) < 4.78 is 0. The molecule has 0 nitrogen and oxygen atoms in total. The summed E-state index contributed by atoms with van der Waals surface area (Å²) in [6, 6.07) is 17.7. The van der Waals surface area contributed by atoms with Crippen molar-refractivity contribution in [3.63, 3.8) is 0 Å². The summed E-state index contributed by atoms with van der Waals surface area (Å²) in [5, 5.41) is 0. The molecule has 0 heterocycles. The first-order chi connectivity index (χ1) is 12.3. The lowest BCUT2D eigenvalue weighted by Gasteiger charge is -2.10. The van der Waals surface area contributed by atoms with E-state index in [9.17, 15) is 0 Å². The standard InChI is InChI=1S/C25H16/c1-3-7-17-14-23-20(12-16(17)4-2)13-19-10-11-22-21-9-6-5-8-18(21)15-24(22)25(19)23/h2,5-6,8-12,14H,13,15H2,1H3. The minimum absolute atomic E-state index is 0.904. The van der Waals surface area contributed by atoms with Crippen molar-refractivity contribution in [3.05, 3.63) is 81.9 Å². The molecule has 0 saturated carbocycles. The van der Waals surface area contributed by atoms with E-state index in [1.807, 2.05) is 6.92 Å². The van der Waals surface area contributed by atoms with Gasteiger partial charge in [0, 0.05) is 11.1 Å². The fraction of sp³-hybridized carbons (Fsp3) is 0.120. The van der Waals surface area contributed by atoms with Crippen molar-refractivity contribution in [2.45, 2.75) is 19.8 Å². The second-order valence-electron chi connectivity index (χ2n) is 6.71. The van der Waals surface area contributed by atoms with Crippen molar-refractivity contribution >= 4 is 0 Å². The second kappa shape index (κ2) is 5.14. The molecule has 3 aromatic rings. The van der Waals surface area contributed by atoms with Crippen molar-refractivity contribution in [1.29, 1.82) is 0 Å². The van der Waals surface area contributed by atoms with Crippen LogP contribution in [-0.4, -0.2) is 0 Å². The predicted octanol–water partition coefficient (Wildman–Crippen LogP) is 5.18. The van der Waals surface area contributed by atoms with E-state index in [0.717, 1.165) is 24.0 Å². The van der Waals surface area contributed by atoms with Gasteiger partial charge in [0.2, 0.25) is 0 Å². The van der Waals surface area contributed by atoms with Crippen LogP contribution in [0.2, 0.25) is 0 Å². The zero-order chi connectivity index (χ0) is 17.0. The minimum Gasteiger partial charge on any atom is -0.115 e. The maximum atomic E-state index is 5.71. The lowest BCUT2D eigenvalue weighted by atomic mass is 9.93. The number of hydrogen-bond acceptors (Lipinski definition) is 0. The van der Waals surface area contributed by atoms with Crippen molar-refractivity contribution in [2.24, 2.45) is 0 Å². The average Bonchev–Trinajstić information content (AvgIpc) is 3.18. The summed E-state index contributed by atoms with van der Waals surface area (Å²) in [4.78, 5) is 0. The van der Waals surface area contributed by atoms with E-state index >= 15 is 0 Å². The third-order valence-corrected chi connectivity index (χ3v) is 5.38. The summed E-state index contributed by atoms with van der Waals surface area (Å²) in [7, 11) is 0. The molecule has 0 spiro atoms. The van der Waals surface area contributed by atoms with Gasteiger partial charge in [0.25, 0.3) is 0 Å². The van der Waals surface area contributed by atoms with E-state index in [1.165, 1.54) is 44.5 Å². The van der Waals surface area contributed by atoms with Crippen molar-refractivity contribution in [1.82, 2.24) is 0 Å². The molecule has 5 rings (SSSR count). The lowest BCUT2D eigenvalue weighted by Crippen LogP contribution is -1.91. The predicted molar refractivity (Wildman–Crippen MR) is 103 cm³/mol. The summed E-state index contributed by atoms with van der Waals surface area (Å²) in [5.41, 5.74) is 13.0. The van der Waals surface area contributed by atoms with E-state index in [-0.39, 0.29) is 0 Å². The third kappa shape index (κ3) is 1.92. The smallest absolute Gasteiger partial charge is 0.0408 e. The summed E-state index contributed by atoms with van der Waals surface area (Å²) in [6.45, 7) is 1.86. The molecule has 0 unspecified atom stereocenters. The average molecular weight is 316 g/mol. The zero-order valence-electron chi connectivity index (χ0n) is 14.1. The quantitative estimate of drug-likeness (QED) is 0.345. The molecular formula is C25H16. The molecular weight excluding hydrogens is 300 g/mol. The van der Waals surface area contributed by atoms with Crippen LogP contribution in [0.4, 0.5) is 0 Å². The van der Waals surface area contributed by atoms with Crippen LogP contribution < -0.4 is 0 Å². The number of benzene rings is 3. The molecule has 25 heavy (non-hydrogen) atoms. The summed E-state index contributed by atoms with van der Waals surface area (Å²) >= 11 is 0. The van der Waals surface area contributed by atoms with Crippen molar-refractivity contribution in [3.8, 4) is 46.4 Å². The highest BCUT2D eigenvalue weighted by molar-refractivity contribution is 5.90. The highest BCUT2D eigenvalue weighted by Gasteiger charge is 2.28. The van der Waals surface area contributed by atoms with Crippen LogP contribution in [-0.2, 0) is 12.8 Å². The Bertz CT molecular complexity index is 1160. The van der Waals surface area contributed by atoms with Gasteiger partial charge in [0.1, 0.15) is 0 Å². The topological polar surface area (TPSA) is 0 Å². The Morgan fingerprint density at radius 1 is 0.800 bits per heavy atom. The van der Waals surface area contributed by atoms with Crippen LogP contribution in [0.15, 0.2) is 48.5 Å². The number of fused-ring (bicyclic) bond motifs is 7. The van der Waals surface area contributed by atoms with Gasteiger partial charge in [-0.1, -0.05) is 48.2 Å². The fourth-order valence-corrected chi connectivity index (χ4v) is 4.33. The van der Waals surface area contributed by atoms with Crippen LogP contribution >= 0.6 is 0 Å². The van der Waals surface area contributed by atoms with E-state index in [4.69, 9.17) is 6.42 Å². The number of hydrogen-bond donors (Lipinski definition) is 0. The normalized spacial score (nSPS) is 12.3. The Morgan fingerprint density at radius 2 is 1.68 bits per heavy atom. The second-order valence-corrected chi connectivity index (χ2v) is 6.71. The van der Waals surface area contributed by atoms with Crippen LogP contribution in [0, 0.1) is 24.2 Å². The van der Waals surface area contributed by atoms with Gasteiger partial charge in [0.05, 0.1) is 0 Å². The van der Waals surface area contributed by atoms with Gasteiger partial charge in [0.15, 0.2) is 0 Å². The number of terminal acetylenes is 1. The van der Waals surface area contributed by atoms with Crippen LogP contribution in [0.25, 0.3) is 22.3 Å². The largest absolute Gasteiger partial charge is 0.115 e. The molecule has 0 aliphatic heterocycles. The maximum Gasteiger partial charge on any atom is 0.0408 e. The van der Waals surface area contributed by atoms with E-state index in [2.05, 4.69) is 66.3 Å². The highest BCUT2D eigenvalue weighted by atomic mass is 14.3. The SMILES string of the molecule is C#Cc1cc2c(cc1C#CC)-c1c(ccc3c1Cc1ccccc1-3)C2. The van der Waals surface area contributed by atoms with Gasteiger partial charge in [-0.05, 0) is 76.4 Å². The molecule has 0 bridgehead atoms. The van der Waals surface area contributed by atoms with Crippen molar-refractivity contribution in [2.75, 3.05) is 0 Å². The van der Waals surface area contributed by atoms with E-state index < -0.39 is 0 Å². The molecule has 0 aromatic heterocycles. The Hall–Kier alpha value is -3.22. The minimum atomic E-state index is 0.904. The van der Waals surface area contributed by atoms with Gasteiger partial charge >= 0.3 is 0 Å². The molecule has 2 aliphatic carbocycles. The third-order valence-electron chi connectivity index (χ3n) is 5.38. The molecule has 0 N–H and O–H groups in total. The molecule has 0 amide bonds. The Labute approximate surface area is 148 Å². The highest BCUT2D eigenvalue weighted by Crippen LogP contribution is 2.47. The van der Waals surface area contributed by atoms with Crippen LogP contribution in [0.3, 0.4) is 0 Å². The first kappa shape index (κ1) is 14.2. The zero-order valence-corrected chi connectivity index (χ0v) is 14.1. The first-order valence-corrected chi connectivity index (χ1v) is 8.60. The number of rotatable bonds is 0. The molecule has 0 atom stereocenters. The fourth-order valence-electron chi connectivity index (χ4n) is 4.33. The van der Waals surface area contributed by atoms with Crippen LogP contribution in [0.1, 0.15) is 40.3 Å². The lowest BCUT2D eigenvalue weighted by molar-refractivity contribution is 1.23. The van der Waals surface area contributed by atoms with E-state index in [0.29, 0.717) is 0 Å². The molecule has 0 saturated heterocycles. The Morgan fingerprint density at radius 3 is 2.52 bits per heavy atom. The van der Waals surface area contributed by atoms with Gasteiger partial charge in [-0.25, -0.2) is 0 Å². The van der Waals surface area contributed by atoms with Crippen LogP contribution in [0.5, 0.6) is 0 Å². The monoisotopic (exact) mass is 316 g/mol. The summed E-state index contributed by atoms with van der Waals surface area (Å²) in [6.07, 6.45) is 7.68. The Balaban J connectivity index is 1.78. The maximum absolute atomic E-state index is 5.71. The molecule has 0 heteroatoms. The Kier molecular flexibility index (Phi) is 2.91. The van der Waals surface area contributed by atoms with E-state index in [1.54, 1.807) is 0 Å². The van der Waals surface area contributed by atoms with Gasteiger partial charge in [-0.15, -0.1) is 12.3 Å². The van der Waals surface area contributed by atoms with Crippen molar-refractivity contribution < 1.29 is 0 Å². The van der Waals surface area contributed by atoms with Gasteiger partial charge in [-0.2, -0.15) is 0 Å². The first-order valence-electron chi connectivity index (χ1n) is 8.60. The summed E-state index contributed by atoms with van der Waals surface area (Å²) in [5.74, 6) is 8.98. The van der Waals surface area contributed by atoms with Gasteiger partial charge < -0.3 is 0 Å². The molecule has 3 aromatic carbocycles. The molecule has 0 radical (unpaired) electrons. The van der Waals surface area contributed by atoms with Gasteiger partial charge in [-0.3, -0.25) is 0 Å².